The second kappa shape index (κ2) is 10.6. The topological polar surface area (TPSA) is 86.7 Å². The van der Waals surface area contributed by atoms with Crippen LogP contribution in [0.15, 0.2) is 76.6 Å². The molecule has 4 rings (SSSR count). The maximum Gasteiger partial charge on any atom is 0.332 e. The minimum Gasteiger partial charge on any atom is -0.338 e. The summed E-state index contributed by atoms with van der Waals surface area (Å²) in [6.07, 6.45) is 9.55. The number of fused-ring (bicyclic) bond motifs is 1. The first kappa shape index (κ1) is 24.9. The van der Waals surface area contributed by atoms with Gasteiger partial charge in [-0.3, -0.25) is 18.9 Å². The van der Waals surface area contributed by atoms with Crippen LogP contribution in [0.25, 0.3) is 16.6 Å². The van der Waals surface area contributed by atoms with Crippen molar-refractivity contribution in [3.8, 4) is 0 Å². The lowest BCUT2D eigenvalue weighted by Gasteiger charge is -2.11. The zero-order valence-corrected chi connectivity index (χ0v) is 21.4. The van der Waals surface area contributed by atoms with Gasteiger partial charge in [-0.15, -0.1) is 0 Å². The number of nitrogens with zero attached hydrogens (tertiary/aromatic N) is 5. The van der Waals surface area contributed by atoms with Crippen molar-refractivity contribution in [1.29, 1.82) is 0 Å². The molecule has 0 spiro atoms. The van der Waals surface area contributed by atoms with Gasteiger partial charge in [0.1, 0.15) is 11.2 Å². The van der Waals surface area contributed by atoms with Gasteiger partial charge in [-0.25, -0.2) is 9.48 Å². The second-order valence-electron chi connectivity index (χ2n) is 9.16. The maximum absolute atomic E-state index is 13.3. The first-order chi connectivity index (χ1) is 17.3. The molecule has 0 atom stereocenters. The van der Waals surface area contributed by atoms with Gasteiger partial charge in [0.05, 0.1) is 18.4 Å². The fraction of sp³-hybridized carbons (Fsp3) is 0.286. The van der Waals surface area contributed by atoms with Gasteiger partial charge >= 0.3 is 5.69 Å². The van der Waals surface area contributed by atoms with E-state index in [2.05, 4.69) is 46.7 Å². The number of hydrogen-bond acceptors (Lipinski definition) is 5. The van der Waals surface area contributed by atoms with Crippen LogP contribution in [0.5, 0.6) is 0 Å². The summed E-state index contributed by atoms with van der Waals surface area (Å²) in [4.78, 5) is 30.5. The Kier molecular flexibility index (Phi) is 7.33. The second-order valence-corrected chi connectivity index (χ2v) is 9.16. The SMILES string of the molecule is C/C=C\C(=C/C)c1ccc(Cn2nc3c(c2Nc2cccnc2)c(=O)n(C)c(=O)n3CC(C)C)cc1. The monoisotopic (exact) mass is 484 g/mol. The molecular weight excluding hydrogens is 452 g/mol. The van der Waals surface area contributed by atoms with E-state index in [9.17, 15) is 9.59 Å². The van der Waals surface area contributed by atoms with Crippen LogP contribution in [0.1, 0.15) is 38.8 Å². The first-order valence-corrected chi connectivity index (χ1v) is 12.1. The average Bonchev–Trinajstić information content (AvgIpc) is 3.22. The zero-order valence-electron chi connectivity index (χ0n) is 21.4. The van der Waals surface area contributed by atoms with Crippen molar-refractivity contribution in [2.24, 2.45) is 13.0 Å². The molecule has 186 valence electrons. The molecule has 0 unspecified atom stereocenters. The lowest BCUT2D eigenvalue weighted by molar-refractivity contribution is 0.498. The Hall–Kier alpha value is -4.20. The van der Waals surface area contributed by atoms with Crippen LogP contribution in [0.2, 0.25) is 0 Å². The fourth-order valence-electron chi connectivity index (χ4n) is 4.22. The summed E-state index contributed by atoms with van der Waals surface area (Å²) in [6, 6.07) is 12.0. The minimum absolute atomic E-state index is 0.203. The molecule has 8 nitrogen and oxygen atoms in total. The molecule has 0 saturated carbocycles. The normalized spacial score (nSPS) is 12.2. The van der Waals surface area contributed by atoms with Crippen LogP contribution in [0, 0.1) is 5.92 Å². The number of allylic oxidation sites excluding steroid dienone is 4. The molecule has 36 heavy (non-hydrogen) atoms. The summed E-state index contributed by atoms with van der Waals surface area (Å²) in [5.74, 6) is 0.733. The van der Waals surface area contributed by atoms with Crippen molar-refractivity contribution in [3.63, 3.8) is 0 Å². The number of benzene rings is 1. The third-order valence-corrected chi connectivity index (χ3v) is 5.97. The summed E-state index contributed by atoms with van der Waals surface area (Å²) < 4.78 is 4.50. The highest BCUT2D eigenvalue weighted by Gasteiger charge is 2.22. The lowest BCUT2D eigenvalue weighted by Crippen LogP contribution is -2.38. The van der Waals surface area contributed by atoms with E-state index < -0.39 is 0 Å². The van der Waals surface area contributed by atoms with E-state index in [-0.39, 0.29) is 17.2 Å². The van der Waals surface area contributed by atoms with Crippen LogP contribution in [-0.2, 0) is 20.1 Å². The van der Waals surface area contributed by atoms with Crippen LogP contribution < -0.4 is 16.6 Å². The van der Waals surface area contributed by atoms with Crippen LogP contribution in [0.3, 0.4) is 0 Å². The van der Waals surface area contributed by atoms with E-state index >= 15 is 0 Å². The molecule has 0 bridgehead atoms. The molecule has 0 aliphatic carbocycles. The molecule has 8 heteroatoms. The van der Waals surface area contributed by atoms with Crippen molar-refractivity contribution in [2.75, 3.05) is 5.32 Å². The molecule has 1 N–H and O–H groups in total. The molecule has 3 aromatic heterocycles. The van der Waals surface area contributed by atoms with E-state index in [4.69, 9.17) is 5.10 Å². The number of nitrogens with one attached hydrogen (secondary N) is 1. The molecule has 0 radical (unpaired) electrons. The Labute approximate surface area is 210 Å². The average molecular weight is 485 g/mol. The van der Waals surface area contributed by atoms with E-state index in [1.54, 1.807) is 21.6 Å². The Morgan fingerprint density at radius 1 is 1.11 bits per heavy atom. The number of rotatable bonds is 8. The Morgan fingerprint density at radius 3 is 2.47 bits per heavy atom. The van der Waals surface area contributed by atoms with Gasteiger partial charge in [0.2, 0.25) is 0 Å². The highest BCUT2D eigenvalue weighted by molar-refractivity contribution is 5.89. The number of pyridine rings is 1. The van der Waals surface area contributed by atoms with Gasteiger partial charge in [-0.2, -0.15) is 5.10 Å². The molecule has 0 saturated heterocycles. The molecule has 1 aromatic carbocycles. The molecule has 3 heterocycles. The van der Waals surface area contributed by atoms with Gasteiger partial charge in [0.15, 0.2) is 5.65 Å². The predicted octanol–water partition coefficient (Wildman–Crippen LogP) is 4.72. The van der Waals surface area contributed by atoms with E-state index in [1.165, 1.54) is 7.05 Å². The minimum atomic E-state index is -0.382. The standard InChI is InChI=1S/C28H32N6O2/c1-6-9-21(7-2)22-13-11-20(12-14-22)18-34-25(30-23-10-8-15-29-16-23)24-26(31-34)33(17-19(3)4)28(36)32(5)27(24)35/h6-16,19,30H,17-18H2,1-5H3/b9-6-,21-7+. The predicted molar refractivity (Wildman–Crippen MR) is 146 cm³/mol. The molecule has 0 aliphatic heterocycles. The summed E-state index contributed by atoms with van der Waals surface area (Å²) >= 11 is 0. The molecule has 0 amide bonds. The molecule has 0 fully saturated rings. The van der Waals surface area contributed by atoms with Crippen molar-refractivity contribution in [1.82, 2.24) is 23.9 Å². The summed E-state index contributed by atoms with van der Waals surface area (Å²) in [5, 5.41) is 8.49. The van der Waals surface area contributed by atoms with Crippen molar-refractivity contribution < 1.29 is 0 Å². The summed E-state index contributed by atoms with van der Waals surface area (Å²) in [5.41, 5.74) is 3.64. The third-order valence-electron chi connectivity index (χ3n) is 5.97. The summed E-state index contributed by atoms with van der Waals surface area (Å²) in [7, 11) is 1.51. The van der Waals surface area contributed by atoms with Crippen molar-refractivity contribution in [3.05, 3.63) is 99.0 Å². The summed E-state index contributed by atoms with van der Waals surface area (Å²) in [6.45, 7) is 8.96. The lowest BCUT2D eigenvalue weighted by atomic mass is 10.0. The van der Waals surface area contributed by atoms with Crippen molar-refractivity contribution >= 4 is 28.1 Å². The van der Waals surface area contributed by atoms with E-state index in [0.29, 0.717) is 29.9 Å². The number of hydrogen-bond donors (Lipinski definition) is 1. The van der Waals surface area contributed by atoms with Crippen LogP contribution >= 0.6 is 0 Å². The first-order valence-electron chi connectivity index (χ1n) is 12.1. The Bertz CT molecular complexity index is 1540. The quantitative estimate of drug-likeness (QED) is 0.366. The van der Waals surface area contributed by atoms with Crippen molar-refractivity contribution in [2.45, 2.75) is 40.8 Å². The fourth-order valence-corrected chi connectivity index (χ4v) is 4.22. The van der Waals surface area contributed by atoms with Gasteiger partial charge in [-0.1, -0.05) is 56.3 Å². The van der Waals surface area contributed by atoms with Gasteiger partial charge in [0, 0.05) is 19.8 Å². The zero-order chi connectivity index (χ0) is 25.8. The van der Waals surface area contributed by atoms with E-state index in [0.717, 1.165) is 27.0 Å². The number of anilines is 2. The third kappa shape index (κ3) is 4.93. The van der Waals surface area contributed by atoms with Gasteiger partial charge < -0.3 is 5.32 Å². The Balaban J connectivity index is 1.87. The molecule has 4 aromatic rings. The van der Waals surface area contributed by atoms with Crippen LogP contribution in [-0.4, -0.2) is 23.9 Å². The molecular formula is C28H32N6O2. The molecule has 0 aliphatic rings. The van der Waals surface area contributed by atoms with Gasteiger partial charge in [-0.05, 0) is 48.6 Å². The highest BCUT2D eigenvalue weighted by atomic mass is 16.2. The maximum atomic E-state index is 13.3. The highest BCUT2D eigenvalue weighted by Crippen LogP contribution is 2.25. The smallest absolute Gasteiger partial charge is 0.332 e. The van der Waals surface area contributed by atoms with E-state index in [1.807, 2.05) is 45.9 Å². The van der Waals surface area contributed by atoms with Crippen LogP contribution in [0.4, 0.5) is 11.5 Å². The number of aromatic nitrogens is 5. The van der Waals surface area contributed by atoms with Gasteiger partial charge in [0.25, 0.3) is 5.56 Å². The Morgan fingerprint density at radius 2 is 1.86 bits per heavy atom. The largest absolute Gasteiger partial charge is 0.338 e.